The van der Waals surface area contributed by atoms with E-state index in [1.807, 2.05) is 25.1 Å². The summed E-state index contributed by atoms with van der Waals surface area (Å²) >= 11 is 0. The Labute approximate surface area is 143 Å². The monoisotopic (exact) mass is 353 g/mol. The third kappa shape index (κ3) is 6.07. The number of carbonyl (C=O) groups excluding carboxylic acids is 1. The van der Waals surface area contributed by atoms with E-state index in [2.05, 4.69) is 15.0 Å². The Morgan fingerprint density at radius 2 is 1.84 bits per heavy atom. The molecule has 0 unspecified atom stereocenters. The van der Waals surface area contributed by atoms with Gasteiger partial charge >= 0.3 is 6.18 Å². The fourth-order valence-electron chi connectivity index (χ4n) is 1.95. The molecule has 0 atom stereocenters. The minimum Gasteiger partial charge on any atom is -0.376 e. The molecular formula is C17H18F3N3O2. The molecule has 1 aromatic carbocycles. The van der Waals surface area contributed by atoms with Crippen LogP contribution in [0.1, 0.15) is 15.9 Å². The van der Waals surface area contributed by atoms with Gasteiger partial charge in [0.15, 0.2) is 0 Å². The van der Waals surface area contributed by atoms with Gasteiger partial charge in [-0.15, -0.1) is 0 Å². The van der Waals surface area contributed by atoms with E-state index >= 15 is 0 Å². The van der Waals surface area contributed by atoms with Crippen molar-refractivity contribution in [3.63, 3.8) is 0 Å². The van der Waals surface area contributed by atoms with Crippen LogP contribution in [-0.4, -0.2) is 37.8 Å². The maximum absolute atomic E-state index is 12.1. The average molecular weight is 353 g/mol. The van der Waals surface area contributed by atoms with Crippen molar-refractivity contribution in [2.75, 3.05) is 30.9 Å². The SMILES string of the molecule is CN(C)c1ccc(NC(=O)c2ccc(COCC(F)(F)F)cc2)nc1. The van der Waals surface area contributed by atoms with Crippen LogP contribution in [0.2, 0.25) is 0 Å². The number of pyridine rings is 1. The number of anilines is 2. The maximum Gasteiger partial charge on any atom is 0.411 e. The zero-order valence-electron chi connectivity index (χ0n) is 13.8. The highest BCUT2D eigenvalue weighted by Crippen LogP contribution is 2.16. The number of rotatable bonds is 6. The quantitative estimate of drug-likeness (QED) is 0.864. The van der Waals surface area contributed by atoms with Crippen molar-refractivity contribution in [1.82, 2.24) is 4.98 Å². The fraction of sp³-hybridized carbons (Fsp3) is 0.294. The molecule has 8 heteroatoms. The molecular weight excluding hydrogens is 335 g/mol. The summed E-state index contributed by atoms with van der Waals surface area (Å²) in [5.41, 5.74) is 1.83. The van der Waals surface area contributed by atoms with Crippen LogP contribution in [0.15, 0.2) is 42.6 Å². The number of ether oxygens (including phenoxy) is 1. The first-order valence-electron chi connectivity index (χ1n) is 7.43. The molecule has 1 amide bonds. The van der Waals surface area contributed by atoms with Crippen LogP contribution in [0.4, 0.5) is 24.7 Å². The summed E-state index contributed by atoms with van der Waals surface area (Å²) in [5.74, 6) is 0.0565. The van der Waals surface area contributed by atoms with Crippen molar-refractivity contribution in [3.05, 3.63) is 53.7 Å². The summed E-state index contributed by atoms with van der Waals surface area (Å²) in [7, 11) is 3.77. The van der Waals surface area contributed by atoms with E-state index < -0.39 is 12.8 Å². The van der Waals surface area contributed by atoms with Crippen LogP contribution in [0.3, 0.4) is 0 Å². The lowest BCUT2D eigenvalue weighted by Gasteiger charge is -2.12. The second-order valence-corrected chi connectivity index (χ2v) is 5.56. The molecule has 5 nitrogen and oxygen atoms in total. The van der Waals surface area contributed by atoms with E-state index in [0.29, 0.717) is 16.9 Å². The Hall–Kier alpha value is -2.61. The first-order valence-corrected chi connectivity index (χ1v) is 7.43. The second-order valence-electron chi connectivity index (χ2n) is 5.56. The van der Waals surface area contributed by atoms with E-state index in [1.165, 1.54) is 12.1 Å². The topological polar surface area (TPSA) is 54.5 Å². The van der Waals surface area contributed by atoms with Crippen molar-refractivity contribution in [2.24, 2.45) is 0 Å². The van der Waals surface area contributed by atoms with Gasteiger partial charge in [0.2, 0.25) is 0 Å². The molecule has 25 heavy (non-hydrogen) atoms. The molecule has 1 heterocycles. The average Bonchev–Trinajstić information content (AvgIpc) is 2.54. The van der Waals surface area contributed by atoms with Gasteiger partial charge in [-0.1, -0.05) is 12.1 Å². The Morgan fingerprint density at radius 1 is 1.16 bits per heavy atom. The van der Waals surface area contributed by atoms with Gasteiger partial charge in [-0.2, -0.15) is 13.2 Å². The molecule has 0 aliphatic rings. The number of hydrogen-bond acceptors (Lipinski definition) is 4. The molecule has 2 aromatic rings. The molecule has 0 aliphatic carbocycles. The van der Waals surface area contributed by atoms with Gasteiger partial charge in [0.05, 0.1) is 18.5 Å². The molecule has 0 fully saturated rings. The van der Waals surface area contributed by atoms with Crippen LogP contribution in [0, 0.1) is 0 Å². The largest absolute Gasteiger partial charge is 0.411 e. The van der Waals surface area contributed by atoms with Crippen molar-refractivity contribution in [2.45, 2.75) is 12.8 Å². The van der Waals surface area contributed by atoms with Crippen LogP contribution >= 0.6 is 0 Å². The number of carbonyl (C=O) groups is 1. The third-order valence-electron chi connectivity index (χ3n) is 3.26. The van der Waals surface area contributed by atoms with E-state index in [4.69, 9.17) is 0 Å². The third-order valence-corrected chi connectivity index (χ3v) is 3.26. The Kier molecular flexibility index (Phi) is 5.97. The molecule has 0 bridgehead atoms. The van der Waals surface area contributed by atoms with Crippen LogP contribution in [-0.2, 0) is 11.3 Å². The van der Waals surface area contributed by atoms with E-state index in [0.717, 1.165) is 5.69 Å². The fourth-order valence-corrected chi connectivity index (χ4v) is 1.95. The summed E-state index contributed by atoms with van der Waals surface area (Å²) in [6, 6.07) is 9.66. The van der Waals surface area contributed by atoms with E-state index in [-0.39, 0.29) is 12.5 Å². The van der Waals surface area contributed by atoms with Crippen LogP contribution in [0.25, 0.3) is 0 Å². The predicted octanol–water partition coefficient (Wildman–Crippen LogP) is 3.48. The molecule has 0 saturated carbocycles. The summed E-state index contributed by atoms with van der Waals surface area (Å²) in [5, 5.41) is 2.66. The van der Waals surface area contributed by atoms with Crippen molar-refractivity contribution >= 4 is 17.4 Å². The molecule has 2 rings (SSSR count). The highest BCUT2D eigenvalue weighted by atomic mass is 19.4. The van der Waals surface area contributed by atoms with Crippen LogP contribution in [0.5, 0.6) is 0 Å². The number of aromatic nitrogens is 1. The van der Waals surface area contributed by atoms with Gasteiger partial charge < -0.3 is 15.0 Å². The standard InChI is InChI=1S/C17H18F3N3O2/c1-23(2)14-7-8-15(21-9-14)22-16(24)13-5-3-12(4-6-13)10-25-11-17(18,19)20/h3-9H,10-11H2,1-2H3,(H,21,22,24). The number of nitrogens with one attached hydrogen (secondary N) is 1. The number of alkyl halides is 3. The number of amides is 1. The van der Waals surface area contributed by atoms with Gasteiger partial charge in [0.1, 0.15) is 12.4 Å². The minimum atomic E-state index is -4.35. The van der Waals surface area contributed by atoms with E-state index in [9.17, 15) is 18.0 Å². The van der Waals surface area contributed by atoms with Crippen LogP contribution < -0.4 is 10.2 Å². The Bertz CT molecular complexity index is 699. The number of hydrogen-bond donors (Lipinski definition) is 1. The lowest BCUT2D eigenvalue weighted by atomic mass is 10.1. The van der Waals surface area contributed by atoms with Gasteiger partial charge in [-0.25, -0.2) is 4.98 Å². The summed E-state index contributed by atoms with van der Waals surface area (Å²) in [6.07, 6.45) is -2.72. The smallest absolute Gasteiger partial charge is 0.376 e. The predicted molar refractivity (Wildman–Crippen MR) is 88.7 cm³/mol. The summed E-state index contributed by atoms with van der Waals surface area (Å²) in [6.45, 7) is -1.47. The molecule has 1 N–H and O–H groups in total. The molecule has 0 radical (unpaired) electrons. The van der Waals surface area contributed by atoms with Crippen molar-refractivity contribution in [3.8, 4) is 0 Å². The number of nitrogens with zero attached hydrogens (tertiary/aromatic N) is 2. The first-order chi connectivity index (χ1) is 11.7. The minimum absolute atomic E-state index is 0.172. The van der Waals surface area contributed by atoms with Gasteiger partial charge in [0, 0.05) is 19.7 Å². The van der Waals surface area contributed by atoms with Gasteiger partial charge in [-0.3, -0.25) is 4.79 Å². The molecule has 0 aliphatic heterocycles. The maximum atomic E-state index is 12.1. The normalized spacial score (nSPS) is 11.2. The lowest BCUT2D eigenvalue weighted by molar-refractivity contribution is -0.176. The zero-order chi connectivity index (χ0) is 18.4. The first kappa shape index (κ1) is 18.7. The zero-order valence-corrected chi connectivity index (χ0v) is 13.8. The van der Waals surface area contributed by atoms with E-state index in [1.54, 1.807) is 24.4 Å². The molecule has 134 valence electrons. The lowest BCUT2D eigenvalue weighted by Crippen LogP contribution is -2.16. The highest BCUT2D eigenvalue weighted by Gasteiger charge is 2.27. The van der Waals surface area contributed by atoms with Gasteiger partial charge in [0.25, 0.3) is 5.91 Å². The summed E-state index contributed by atoms with van der Waals surface area (Å²) < 4.78 is 40.6. The van der Waals surface area contributed by atoms with Crippen molar-refractivity contribution in [1.29, 1.82) is 0 Å². The van der Waals surface area contributed by atoms with Crippen molar-refractivity contribution < 1.29 is 22.7 Å². The molecule has 0 spiro atoms. The second kappa shape index (κ2) is 7.98. The Balaban J connectivity index is 1.91. The Morgan fingerprint density at radius 3 is 2.36 bits per heavy atom. The highest BCUT2D eigenvalue weighted by molar-refractivity contribution is 6.03. The number of benzene rings is 1. The molecule has 0 saturated heterocycles. The summed E-state index contributed by atoms with van der Waals surface area (Å²) in [4.78, 5) is 18.2. The number of halogens is 3. The molecule has 1 aromatic heterocycles. The van der Waals surface area contributed by atoms with Gasteiger partial charge in [-0.05, 0) is 29.8 Å².